The molecule has 1 aromatic carbocycles. The van der Waals surface area contributed by atoms with E-state index in [9.17, 15) is 9.18 Å². The first kappa shape index (κ1) is 16.6. The van der Waals surface area contributed by atoms with E-state index in [1.807, 2.05) is 0 Å². The van der Waals surface area contributed by atoms with Crippen molar-refractivity contribution in [1.82, 2.24) is 15.1 Å². The van der Waals surface area contributed by atoms with Crippen LogP contribution in [0.15, 0.2) is 35.1 Å². The molecule has 1 aliphatic rings. The molecule has 1 aliphatic heterocycles. The minimum atomic E-state index is -0.418. The van der Waals surface area contributed by atoms with Crippen LogP contribution in [0.1, 0.15) is 25.7 Å². The topological polar surface area (TPSA) is 58.2 Å². The van der Waals surface area contributed by atoms with Crippen LogP contribution in [0.2, 0.25) is 0 Å². The average molecular weight is 331 g/mol. The molecule has 1 N–H and O–H groups in total. The van der Waals surface area contributed by atoms with E-state index in [0.717, 1.165) is 26.1 Å². The molecule has 128 valence electrons. The number of ether oxygens (including phenoxy) is 1. The molecule has 24 heavy (non-hydrogen) atoms. The van der Waals surface area contributed by atoms with Crippen LogP contribution in [-0.4, -0.2) is 41.3 Å². The molecular formula is C18H22FN3O2. The summed E-state index contributed by atoms with van der Waals surface area (Å²) in [4.78, 5) is 13.5. The number of nitrogens with zero attached hydrogens (tertiary/aromatic N) is 2. The van der Waals surface area contributed by atoms with Crippen molar-refractivity contribution in [1.29, 1.82) is 0 Å². The number of halogens is 1. The Hall–Kier alpha value is -2.21. The van der Waals surface area contributed by atoms with Crippen molar-refractivity contribution in [3.05, 3.63) is 46.5 Å². The summed E-state index contributed by atoms with van der Waals surface area (Å²) in [5.74, 6) is -0.166. The maximum atomic E-state index is 14.2. The molecule has 0 bridgehead atoms. The van der Waals surface area contributed by atoms with Crippen molar-refractivity contribution < 1.29 is 9.13 Å². The second-order valence-electron chi connectivity index (χ2n) is 6.06. The van der Waals surface area contributed by atoms with E-state index in [0.29, 0.717) is 17.9 Å². The summed E-state index contributed by atoms with van der Waals surface area (Å²) < 4.78 is 19.7. The molecule has 3 rings (SSSR count). The molecule has 2 aromatic rings. The SMILES string of the molecule is O=c1ccc(-c2ccc(OCCCN3CCCCC3)c(F)c2)n[nH]1. The fourth-order valence-corrected chi connectivity index (χ4v) is 2.94. The predicted molar refractivity (Wildman–Crippen MR) is 90.7 cm³/mol. The summed E-state index contributed by atoms with van der Waals surface area (Å²) in [6.45, 7) is 3.83. The molecule has 6 heteroatoms. The summed E-state index contributed by atoms with van der Waals surface area (Å²) >= 11 is 0. The smallest absolute Gasteiger partial charge is 0.264 e. The Balaban J connectivity index is 1.53. The Kier molecular flexibility index (Phi) is 5.59. The van der Waals surface area contributed by atoms with Gasteiger partial charge >= 0.3 is 0 Å². The monoisotopic (exact) mass is 331 g/mol. The minimum Gasteiger partial charge on any atom is -0.490 e. The molecule has 0 radical (unpaired) electrons. The van der Waals surface area contributed by atoms with E-state index in [-0.39, 0.29) is 11.3 Å². The van der Waals surface area contributed by atoms with Gasteiger partial charge in [-0.05, 0) is 56.6 Å². The lowest BCUT2D eigenvalue weighted by Gasteiger charge is -2.26. The molecule has 0 spiro atoms. The van der Waals surface area contributed by atoms with Gasteiger partial charge in [-0.25, -0.2) is 9.49 Å². The van der Waals surface area contributed by atoms with Crippen LogP contribution in [-0.2, 0) is 0 Å². The van der Waals surface area contributed by atoms with Gasteiger partial charge in [0.2, 0.25) is 0 Å². The highest BCUT2D eigenvalue weighted by Gasteiger charge is 2.10. The van der Waals surface area contributed by atoms with Gasteiger partial charge in [-0.1, -0.05) is 6.42 Å². The number of benzene rings is 1. The second-order valence-corrected chi connectivity index (χ2v) is 6.06. The van der Waals surface area contributed by atoms with Gasteiger partial charge in [0.25, 0.3) is 5.56 Å². The van der Waals surface area contributed by atoms with Gasteiger partial charge in [-0.3, -0.25) is 4.79 Å². The normalized spacial score (nSPS) is 15.4. The maximum absolute atomic E-state index is 14.2. The van der Waals surface area contributed by atoms with Gasteiger partial charge in [-0.2, -0.15) is 5.10 Å². The van der Waals surface area contributed by atoms with Gasteiger partial charge in [0.15, 0.2) is 11.6 Å². The van der Waals surface area contributed by atoms with Gasteiger partial charge in [0, 0.05) is 18.2 Å². The lowest BCUT2D eigenvalue weighted by atomic mass is 10.1. The first-order chi connectivity index (χ1) is 11.7. The van der Waals surface area contributed by atoms with Crippen molar-refractivity contribution in [3.8, 4) is 17.0 Å². The van der Waals surface area contributed by atoms with E-state index >= 15 is 0 Å². The quantitative estimate of drug-likeness (QED) is 0.827. The molecule has 0 unspecified atom stereocenters. The standard InChI is InChI=1S/C18H22FN3O2/c19-15-13-14(16-6-8-18(23)21-20-16)5-7-17(15)24-12-4-11-22-9-2-1-3-10-22/h5-8,13H,1-4,9-12H2,(H,21,23). The molecule has 0 aliphatic carbocycles. The van der Waals surface area contributed by atoms with Crippen molar-refractivity contribution in [2.75, 3.05) is 26.2 Å². The van der Waals surface area contributed by atoms with Crippen molar-refractivity contribution in [3.63, 3.8) is 0 Å². The highest BCUT2D eigenvalue weighted by molar-refractivity contribution is 5.59. The fourth-order valence-electron chi connectivity index (χ4n) is 2.94. The lowest BCUT2D eigenvalue weighted by Crippen LogP contribution is -2.31. The highest BCUT2D eigenvalue weighted by atomic mass is 19.1. The van der Waals surface area contributed by atoms with Crippen LogP contribution >= 0.6 is 0 Å². The van der Waals surface area contributed by atoms with Crippen LogP contribution in [0.5, 0.6) is 5.75 Å². The summed E-state index contributed by atoms with van der Waals surface area (Å²) in [5, 5.41) is 6.24. The molecule has 0 amide bonds. The first-order valence-electron chi connectivity index (χ1n) is 8.43. The third-order valence-corrected chi connectivity index (χ3v) is 4.23. The van der Waals surface area contributed by atoms with Crippen LogP contribution in [0.25, 0.3) is 11.3 Å². The van der Waals surface area contributed by atoms with E-state index < -0.39 is 5.82 Å². The molecule has 5 nitrogen and oxygen atoms in total. The summed E-state index contributed by atoms with van der Waals surface area (Å²) in [7, 11) is 0. The fraction of sp³-hybridized carbons (Fsp3) is 0.444. The molecule has 1 aromatic heterocycles. The minimum absolute atomic E-state index is 0.252. The number of H-pyrrole nitrogens is 1. The summed E-state index contributed by atoms with van der Waals surface area (Å²) in [6, 6.07) is 7.65. The molecular weight excluding hydrogens is 309 g/mol. The number of hydrogen-bond acceptors (Lipinski definition) is 4. The lowest BCUT2D eigenvalue weighted by molar-refractivity contribution is 0.203. The van der Waals surface area contributed by atoms with Crippen molar-refractivity contribution in [2.24, 2.45) is 0 Å². The van der Waals surface area contributed by atoms with Gasteiger partial charge in [0.1, 0.15) is 0 Å². The Morgan fingerprint density at radius 3 is 2.71 bits per heavy atom. The average Bonchev–Trinajstić information content (AvgIpc) is 2.61. The number of aromatic nitrogens is 2. The number of aromatic amines is 1. The largest absolute Gasteiger partial charge is 0.490 e. The molecule has 0 saturated carbocycles. The number of rotatable bonds is 6. The molecule has 0 atom stereocenters. The Bertz CT molecular complexity index is 706. The molecule has 2 heterocycles. The zero-order chi connectivity index (χ0) is 16.8. The maximum Gasteiger partial charge on any atom is 0.264 e. The van der Waals surface area contributed by atoms with E-state index in [4.69, 9.17) is 4.74 Å². The van der Waals surface area contributed by atoms with Crippen LogP contribution in [0.4, 0.5) is 4.39 Å². The second kappa shape index (κ2) is 8.06. The van der Waals surface area contributed by atoms with Crippen LogP contribution < -0.4 is 10.3 Å². The van der Waals surface area contributed by atoms with Crippen LogP contribution in [0.3, 0.4) is 0 Å². The van der Waals surface area contributed by atoms with E-state index in [1.165, 1.54) is 31.4 Å². The van der Waals surface area contributed by atoms with Crippen LogP contribution in [0, 0.1) is 5.82 Å². The number of piperidine rings is 1. The Labute approximate surface area is 140 Å². The third-order valence-electron chi connectivity index (χ3n) is 4.23. The molecule has 1 fully saturated rings. The molecule has 1 saturated heterocycles. The third kappa shape index (κ3) is 4.41. The zero-order valence-electron chi connectivity index (χ0n) is 13.6. The number of hydrogen-bond donors (Lipinski definition) is 1. The summed E-state index contributed by atoms with van der Waals surface area (Å²) in [6.07, 6.45) is 4.77. The Morgan fingerprint density at radius 2 is 2.00 bits per heavy atom. The van der Waals surface area contributed by atoms with E-state index in [2.05, 4.69) is 15.1 Å². The van der Waals surface area contributed by atoms with E-state index in [1.54, 1.807) is 18.2 Å². The van der Waals surface area contributed by atoms with Crippen molar-refractivity contribution in [2.45, 2.75) is 25.7 Å². The van der Waals surface area contributed by atoms with Crippen molar-refractivity contribution >= 4 is 0 Å². The predicted octanol–water partition coefficient (Wildman–Crippen LogP) is 2.83. The zero-order valence-corrected chi connectivity index (χ0v) is 13.6. The highest BCUT2D eigenvalue weighted by Crippen LogP contribution is 2.24. The Morgan fingerprint density at radius 1 is 1.17 bits per heavy atom. The summed E-state index contributed by atoms with van der Waals surface area (Å²) in [5.41, 5.74) is 0.836. The first-order valence-corrected chi connectivity index (χ1v) is 8.43. The number of likely N-dealkylation sites (tertiary alicyclic amines) is 1. The van der Waals surface area contributed by atoms with Gasteiger partial charge in [0.05, 0.1) is 12.3 Å². The van der Waals surface area contributed by atoms with Gasteiger partial charge in [-0.15, -0.1) is 0 Å². The number of nitrogens with one attached hydrogen (secondary N) is 1. The van der Waals surface area contributed by atoms with Gasteiger partial charge < -0.3 is 9.64 Å².